The van der Waals surface area contributed by atoms with Gasteiger partial charge in [-0.1, -0.05) is 7.43 Å². The lowest BCUT2D eigenvalue weighted by Crippen LogP contribution is -2.41. The summed E-state index contributed by atoms with van der Waals surface area (Å²) in [6, 6.07) is 3.40. The van der Waals surface area contributed by atoms with E-state index in [-0.39, 0.29) is 39.2 Å². The normalized spacial score (nSPS) is 16.8. The van der Waals surface area contributed by atoms with Gasteiger partial charge in [-0.05, 0) is 82.4 Å². The molecule has 2 fully saturated rings. The Bertz CT molecular complexity index is 1600. The molecule has 0 bridgehead atoms. The SMILES string of the molecule is C.CC(C)(C)OC(=O)N1CCC(c2nn(CC(F)(F)F)c3ccsc23)CC1.Cl.FC(F)(F)Cn1nc(C2CCNCC2)c2sccc21.[HH]. The van der Waals surface area contributed by atoms with Gasteiger partial charge in [0.05, 0.1) is 31.8 Å². The Kier molecular flexibility index (Phi) is 12.7. The van der Waals surface area contributed by atoms with Crippen LogP contribution in [-0.2, 0) is 17.8 Å². The third-order valence-electron chi connectivity index (χ3n) is 7.68. The number of nitrogens with one attached hydrogen (secondary N) is 1. The number of rotatable bonds is 4. The van der Waals surface area contributed by atoms with Crippen LogP contribution in [0.15, 0.2) is 22.9 Å². The highest BCUT2D eigenvalue weighted by Gasteiger charge is 2.34. The monoisotopic (exact) mass is 732 g/mol. The Labute approximate surface area is 285 Å². The van der Waals surface area contributed by atoms with Gasteiger partial charge < -0.3 is 15.0 Å². The van der Waals surface area contributed by atoms with E-state index in [9.17, 15) is 31.1 Å². The summed E-state index contributed by atoms with van der Waals surface area (Å²) in [7, 11) is 0. The lowest BCUT2D eigenvalue weighted by atomic mass is 9.94. The van der Waals surface area contributed by atoms with Crippen molar-refractivity contribution in [2.24, 2.45) is 0 Å². The second-order valence-electron chi connectivity index (χ2n) is 12.4. The maximum Gasteiger partial charge on any atom is 0.410 e. The average Bonchev–Trinajstić information content (AvgIpc) is 3.72. The zero-order valence-electron chi connectivity index (χ0n) is 25.6. The minimum Gasteiger partial charge on any atom is -0.444 e. The fourth-order valence-electron chi connectivity index (χ4n) is 5.73. The fourth-order valence-corrected chi connectivity index (χ4v) is 7.64. The van der Waals surface area contributed by atoms with E-state index in [1.807, 2.05) is 26.2 Å². The van der Waals surface area contributed by atoms with Crippen LogP contribution in [0.5, 0.6) is 0 Å². The molecule has 266 valence electrons. The van der Waals surface area contributed by atoms with Crippen molar-refractivity contribution in [1.29, 1.82) is 0 Å². The first-order valence-corrected chi connectivity index (χ1v) is 16.5. The number of amides is 1. The molecule has 1 amide bonds. The first-order valence-electron chi connectivity index (χ1n) is 14.8. The van der Waals surface area contributed by atoms with E-state index in [1.54, 1.807) is 22.4 Å². The van der Waals surface area contributed by atoms with E-state index in [0.29, 0.717) is 42.7 Å². The minimum atomic E-state index is -4.31. The number of ether oxygens (including phenoxy) is 1. The van der Waals surface area contributed by atoms with Crippen LogP contribution in [0.4, 0.5) is 31.1 Å². The molecule has 6 rings (SSSR count). The van der Waals surface area contributed by atoms with Crippen molar-refractivity contribution in [2.45, 2.75) is 96.8 Å². The van der Waals surface area contributed by atoms with Crippen molar-refractivity contribution in [3.05, 3.63) is 34.3 Å². The number of thiophene rings is 2. The van der Waals surface area contributed by atoms with Crippen molar-refractivity contribution in [3.63, 3.8) is 0 Å². The molecule has 0 atom stereocenters. The number of hydrogen-bond donors (Lipinski definition) is 1. The number of piperidine rings is 2. The molecule has 0 aromatic carbocycles. The van der Waals surface area contributed by atoms with Crippen LogP contribution in [0, 0.1) is 0 Å². The summed E-state index contributed by atoms with van der Waals surface area (Å²) in [4.78, 5) is 13.8. The lowest BCUT2D eigenvalue weighted by Gasteiger charge is -2.33. The molecule has 1 N–H and O–H groups in total. The number of nitrogens with zero attached hydrogens (tertiary/aromatic N) is 5. The molecule has 0 radical (unpaired) electrons. The number of carbonyl (C=O) groups is 1. The Morgan fingerprint density at radius 2 is 1.28 bits per heavy atom. The minimum absolute atomic E-state index is 0. The van der Waals surface area contributed by atoms with E-state index in [1.165, 1.54) is 22.7 Å². The zero-order chi connectivity index (χ0) is 32.6. The summed E-state index contributed by atoms with van der Waals surface area (Å²) in [5, 5.41) is 15.4. The highest BCUT2D eigenvalue weighted by molar-refractivity contribution is 7.17. The zero-order valence-corrected chi connectivity index (χ0v) is 28.0. The van der Waals surface area contributed by atoms with Gasteiger partial charge >= 0.3 is 18.4 Å². The number of aromatic nitrogens is 4. The van der Waals surface area contributed by atoms with Crippen molar-refractivity contribution >= 4 is 61.6 Å². The summed E-state index contributed by atoms with van der Waals surface area (Å²) in [5.74, 6) is 0.321. The fraction of sp³-hybridized carbons (Fsp3) is 0.633. The van der Waals surface area contributed by atoms with Gasteiger partial charge in [-0.2, -0.15) is 36.5 Å². The molecular weight excluding hydrogens is 690 g/mol. The Balaban J connectivity index is 0.000000326. The molecule has 2 aliphatic rings. The maximum atomic E-state index is 12.8. The summed E-state index contributed by atoms with van der Waals surface area (Å²) in [5.41, 5.74) is 2.14. The lowest BCUT2D eigenvalue weighted by molar-refractivity contribution is -0.142. The molecule has 2 saturated heterocycles. The molecule has 0 spiro atoms. The predicted molar refractivity (Wildman–Crippen MR) is 178 cm³/mol. The molecule has 8 nitrogen and oxygen atoms in total. The van der Waals surface area contributed by atoms with Crippen molar-refractivity contribution in [3.8, 4) is 0 Å². The van der Waals surface area contributed by atoms with Gasteiger partial charge in [0.25, 0.3) is 0 Å². The second-order valence-corrected chi connectivity index (χ2v) is 14.2. The van der Waals surface area contributed by atoms with E-state index in [4.69, 9.17) is 4.74 Å². The number of hydrogen-bond acceptors (Lipinski definition) is 7. The number of likely N-dealkylation sites (tertiary alicyclic amines) is 1. The Hall–Kier alpha value is -2.56. The topological polar surface area (TPSA) is 77.2 Å². The molecule has 0 unspecified atom stereocenters. The van der Waals surface area contributed by atoms with Crippen molar-refractivity contribution < 1.29 is 37.3 Å². The van der Waals surface area contributed by atoms with E-state index >= 15 is 0 Å². The number of fused-ring (bicyclic) bond motifs is 2. The first kappa shape index (κ1) is 38.9. The predicted octanol–water partition coefficient (Wildman–Crippen LogP) is 9.21. The van der Waals surface area contributed by atoms with Gasteiger partial charge in [-0.15, -0.1) is 35.1 Å². The van der Waals surface area contributed by atoms with E-state index in [2.05, 4.69) is 15.5 Å². The van der Waals surface area contributed by atoms with Crippen LogP contribution in [0.1, 0.15) is 78.5 Å². The second kappa shape index (κ2) is 15.3. The number of carbonyl (C=O) groups excluding carboxylic acids is 1. The molecule has 0 aliphatic carbocycles. The molecule has 2 aliphatic heterocycles. The first-order chi connectivity index (χ1) is 21.1. The molecule has 4 aromatic heterocycles. The third kappa shape index (κ3) is 9.98. The third-order valence-corrected chi connectivity index (χ3v) is 9.54. The van der Waals surface area contributed by atoms with Crippen molar-refractivity contribution in [2.75, 3.05) is 26.2 Å². The van der Waals surface area contributed by atoms with Crippen LogP contribution in [0.25, 0.3) is 20.4 Å². The summed E-state index contributed by atoms with van der Waals surface area (Å²) >= 11 is 2.90. The van der Waals surface area contributed by atoms with Gasteiger partial charge in [0.2, 0.25) is 0 Å². The molecule has 4 aromatic rings. The molecule has 6 heterocycles. The van der Waals surface area contributed by atoms with Gasteiger partial charge in [0.15, 0.2) is 0 Å². The molecular formula is C30H43ClF6N6O2S2. The van der Waals surface area contributed by atoms with Gasteiger partial charge in [-0.25, -0.2) is 4.79 Å². The molecule has 47 heavy (non-hydrogen) atoms. The maximum absolute atomic E-state index is 12.8. The Morgan fingerprint density at radius 1 is 0.851 bits per heavy atom. The largest absolute Gasteiger partial charge is 0.444 e. The van der Waals surface area contributed by atoms with Crippen molar-refractivity contribution in [1.82, 2.24) is 29.8 Å². The van der Waals surface area contributed by atoms with E-state index in [0.717, 1.165) is 50.4 Å². The standard InChI is InChI=1S/C17H22F3N3O2S.C12H14F3N3S.CH4.ClH.H2/c1-16(2,3)25-15(24)22-7-4-11(5-8-22)13-14-12(6-9-26-14)23(21-13)10-17(18,19)20;13-12(14,15)7-18-9-3-6-19-11(9)10(17-18)8-1-4-16-5-2-8;;;/h6,9,11H,4-5,7-8,10H2,1-3H3;3,6,8,16H,1-2,4-5,7H2;1H4;2*1H. The summed E-state index contributed by atoms with van der Waals surface area (Å²) in [6.07, 6.45) is -5.68. The van der Waals surface area contributed by atoms with Crippen LogP contribution in [-0.4, -0.2) is 74.7 Å². The number of alkyl halides is 6. The van der Waals surface area contributed by atoms with Gasteiger partial charge in [0.1, 0.15) is 18.7 Å². The Morgan fingerprint density at radius 3 is 1.68 bits per heavy atom. The van der Waals surface area contributed by atoms with Crippen LogP contribution in [0.3, 0.4) is 0 Å². The average molecular weight is 733 g/mol. The molecule has 17 heteroatoms. The number of halogens is 7. The van der Waals surface area contributed by atoms with Crippen LogP contribution < -0.4 is 5.32 Å². The summed E-state index contributed by atoms with van der Waals surface area (Å²) in [6.45, 7) is 6.20. The quantitative estimate of drug-likeness (QED) is 0.212. The summed E-state index contributed by atoms with van der Waals surface area (Å²) < 4.78 is 85.3. The molecule has 0 saturated carbocycles. The van der Waals surface area contributed by atoms with Gasteiger partial charge in [-0.3, -0.25) is 9.36 Å². The van der Waals surface area contributed by atoms with Crippen LogP contribution >= 0.6 is 35.1 Å². The highest BCUT2D eigenvalue weighted by Crippen LogP contribution is 2.37. The van der Waals surface area contributed by atoms with E-state index < -0.39 is 31.0 Å². The van der Waals surface area contributed by atoms with Crippen LogP contribution in [0.2, 0.25) is 0 Å². The highest BCUT2D eigenvalue weighted by atomic mass is 35.5. The smallest absolute Gasteiger partial charge is 0.410 e. The van der Waals surface area contributed by atoms with Gasteiger partial charge in [0, 0.05) is 26.4 Å².